The van der Waals surface area contributed by atoms with Crippen molar-refractivity contribution in [2.45, 2.75) is 25.7 Å². The van der Waals surface area contributed by atoms with Crippen molar-refractivity contribution in [3.63, 3.8) is 0 Å². The van der Waals surface area contributed by atoms with Gasteiger partial charge in [-0.3, -0.25) is 4.79 Å². The Balaban J connectivity index is 1.57. The minimum atomic E-state index is 0.0385. The van der Waals surface area contributed by atoms with Crippen molar-refractivity contribution in [2.24, 2.45) is 17.8 Å². The van der Waals surface area contributed by atoms with Gasteiger partial charge in [0.05, 0.1) is 0 Å². The highest BCUT2D eigenvalue weighted by Crippen LogP contribution is 2.48. The van der Waals surface area contributed by atoms with Crippen molar-refractivity contribution in [3.8, 4) is 11.8 Å². The molecule has 1 amide bonds. The van der Waals surface area contributed by atoms with Gasteiger partial charge in [0.25, 0.3) is 0 Å². The number of nitrogens with zero attached hydrogens (tertiary/aromatic N) is 1. The van der Waals surface area contributed by atoms with Crippen molar-refractivity contribution >= 4 is 11.6 Å². The Morgan fingerprint density at radius 1 is 1.30 bits per heavy atom. The van der Waals surface area contributed by atoms with Gasteiger partial charge in [-0.05, 0) is 55.4 Å². The molecule has 1 aromatic rings. The summed E-state index contributed by atoms with van der Waals surface area (Å²) >= 11 is 0. The number of hydrogen-bond acceptors (Lipinski definition) is 3. The molecule has 2 bridgehead atoms. The van der Waals surface area contributed by atoms with Crippen LogP contribution in [0.2, 0.25) is 0 Å². The van der Waals surface area contributed by atoms with E-state index in [0.29, 0.717) is 11.7 Å². The number of anilines is 1. The molecule has 0 heterocycles. The van der Waals surface area contributed by atoms with E-state index >= 15 is 0 Å². The van der Waals surface area contributed by atoms with Crippen LogP contribution in [-0.4, -0.2) is 12.5 Å². The largest absolute Gasteiger partial charge is 0.479 e. The maximum absolute atomic E-state index is 12.3. The van der Waals surface area contributed by atoms with Crippen molar-refractivity contribution in [2.75, 3.05) is 11.9 Å². The fourth-order valence-electron chi connectivity index (χ4n) is 3.55. The van der Waals surface area contributed by atoms with E-state index in [1.165, 1.54) is 19.3 Å². The van der Waals surface area contributed by atoms with Crippen LogP contribution in [0.3, 0.4) is 0 Å². The molecule has 4 nitrogen and oxygen atoms in total. The van der Waals surface area contributed by atoms with E-state index < -0.39 is 0 Å². The summed E-state index contributed by atoms with van der Waals surface area (Å²) in [7, 11) is 0. The van der Waals surface area contributed by atoms with Gasteiger partial charge in [0.15, 0.2) is 6.61 Å². The first-order valence-electron chi connectivity index (χ1n) is 7.17. The molecule has 0 saturated heterocycles. The monoisotopic (exact) mass is 270 g/mol. The molecule has 3 rings (SSSR count). The molecule has 0 radical (unpaired) electrons. The van der Waals surface area contributed by atoms with Crippen LogP contribution < -0.4 is 10.1 Å². The smallest absolute Gasteiger partial charge is 0.227 e. The van der Waals surface area contributed by atoms with Gasteiger partial charge in [-0.2, -0.15) is 5.26 Å². The van der Waals surface area contributed by atoms with Gasteiger partial charge < -0.3 is 10.1 Å². The lowest BCUT2D eigenvalue weighted by Crippen LogP contribution is -2.27. The summed E-state index contributed by atoms with van der Waals surface area (Å²) in [6.45, 7) is 0.0385. The van der Waals surface area contributed by atoms with Crippen molar-refractivity contribution in [1.82, 2.24) is 0 Å². The Bertz CT molecular complexity index is 532. The SMILES string of the molecule is N#CCOc1ccc(NC(=O)C2CC3CCC2C3)cc1. The lowest BCUT2D eigenvalue weighted by Gasteiger charge is -2.20. The van der Waals surface area contributed by atoms with Gasteiger partial charge in [0, 0.05) is 11.6 Å². The third-order valence-corrected chi connectivity index (χ3v) is 4.50. The molecule has 1 N–H and O–H groups in total. The van der Waals surface area contributed by atoms with E-state index in [1.807, 2.05) is 18.2 Å². The average molecular weight is 270 g/mol. The summed E-state index contributed by atoms with van der Waals surface area (Å²) in [5.74, 6) is 2.37. The minimum absolute atomic E-state index is 0.0385. The molecule has 4 heteroatoms. The van der Waals surface area contributed by atoms with Crippen LogP contribution in [0.4, 0.5) is 5.69 Å². The number of carbonyl (C=O) groups is 1. The zero-order chi connectivity index (χ0) is 13.9. The summed E-state index contributed by atoms with van der Waals surface area (Å²) in [6, 6.07) is 9.10. The second kappa shape index (κ2) is 5.54. The lowest BCUT2D eigenvalue weighted by atomic mass is 9.88. The van der Waals surface area contributed by atoms with Crippen molar-refractivity contribution in [1.29, 1.82) is 5.26 Å². The first-order chi connectivity index (χ1) is 9.76. The van der Waals surface area contributed by atoms with Gasteiger partial charge in [0.1, 0.15) is 11.8 Å². The number of benzene rings is 1. The van der Waals surface area contributed by atoms with Crippen LogP contribution in [-0.2, 0) is 4.79 Å². The number of hydrogen-bond donors (Lipinski definition) is 1. The fourth-order valence-corrected chi connectivity index (χ4v) is 3.55. The normalized spacial score (nSPS) is 27.1. The molecule has 3 unspecified atom stereocenters. The van der Waals surface area contributed by atoms with Crippen LogP contribution in [0.25, 0.3) is 0 Å². The third kappa shape index (κ3) is 2.62. The molecule has 3 atom stereocenters. The summed E-state index contributed by atoms with van der Waals surface area (Å²) in [5, 5.41) is 11.4. The maximum Gasteiger partial charge on any atom is 0.227 e. The van der Waals surface area contributed by atoms with Crippen LogP contribution in [0.5, 0.6) is 5.75 Å². The number of carbonyl (C=O) groups excluding carboxylic acids is 1. The van der Waals surface area contributed by atoms with Crippen LogP contribution in [0, 0.1) is 29.1 Å². The van der Waals surface area contributed by atoms with Gasteiger partial charge in [-0.1, -0.05) is 6.42 Å². The second-order valence-corrected chi connectivity index (χ2v) is 5.74. The Labute approximate surface area is 118 Å². The highest BCUT2D eigenvalue weighted by atomic mass is 16.5. The van der Waals surface area contributed by atoms with Gasteiger partial charge in [-0.15, -0.1) is 0 Å². The third-order valence-electron chi connectivity index (χ3n) is 4.50. The summed E-state index contributed by atoms with van der Waals surface area (Å²) < 4.78 is 5.18. The fraction of sp³-hybridized carbons (Fsp3) is 0.500. The Morgan fingerprint density at radius 2 is 2.10 bits per heavy atom. The van der Waals surface area contributed by atoms with Crippen LogP contribution in [0.1, 0.15) is 25.7 Å². The second-order valence-electron chi connectivity index (χ2n) is 5.74. The van der Waals surface area contributed by atoms with E-state index in [9.17, 15) is 4.79 Å². The topological polar surface area (TPSA) is 62.1 Å². The van der Waals surface area contributed by atoms with Crippen LogP contribution >= 0.6 is 0 Å². The van der Waals surface area contributed by atoms with E-state index in [-0.39, 0.29) is 18.4 Å². The predicted octanol–water partition coefficient (Wildman–Crippen LogP) is 2.96. The van der Waals surface area contributed by atoms with Gasteiger partial charge >= 0.3 is 0 Å². The standard InChI is InChI=1S/C16H18N2O2/c17-7-8-20-14-5-3-13(4-6-14)18-16(19)15-10-11-1-2-12(15)9-11/h3-6,11-12,15H,1-2,8-10H2,(H,18,19). The number of amides is 1. The molecule has 20 heavy (non-hydrogen) atoms. The molecule has 2 fully saturated rings. The molecular formula is C16H18N2O2. The zero-order valence-corrected chi connectivity index (χ0v) is 11.3. The maximum atomic E-state index is 12.3. The molecule has 2 aliphatic carbocycles. The minimum Gasteiger partial charge on any atom is -0.479 e. The average Bonchev–Trinajstić information content (AvgIpc) is 3.09. The highest BCUT2D eigenvalue weighted by molar-refractivity contribution is 5.93. The molecule has 0 spiro atoms. The molecule has 1 aromatic carbocycles. The number of ether oxygens (including phenoxy) is 1. The van der Waals surface area contributed by atoms with E-state index in [2.05, 4.69) is 5.32 Å². The molecule has 0 aliphatic heterocycles. The Kier molecular flexibility index (Phi) is 3.60. The van der Waals surface area contributed by atoms with Crippen LogP contribution in [0.15, 0.2) is 24.3 Å². The summed E-state index contributed by atoms with van der Waals surface area (Å²) in [4.78, 5) is 12.3. The van der Waals surface area contributed by atoms with Crippen molar-refractivity contribution < 1.29 is 9.53 Å². The van der Waals surface area contributed by atoms with E-state index in [4.69, 9.17) is 10.00 Å². The quantitative estimate of drug-likeness (QED) is 0.915. The van der Waals surface area contributed by atoms with E-state index in [0.717, 1.165) is 18.0 Å². The molecule has 104 valence electrons. The van der Waals surface area contributed by atoms with E-state index in [1.54, 1.807) is 12.1 Å². The Hall–Kier alpha value is -2.02. The molecule has 2 aliphatic rings. The first kappa shape index (κ1) is 13.0. The number of nitriles is 1. The lowest BCUT2D eigenvalue weighted by molar-refractivity contribution is -0.121. The predicted molar refractivity (Wildman–Crippen MR) is 75.1 cm³/mol. The number of rotatable bonds is 4. The molecule has 0 aromatic heterocycles. The number of fused-ring (bicyclic) bond motifs is 2. The van der Waals surface area contributed by atoms with Gasteiger partial charge in [0.2, 0.25) is 5.91 Å². The zero-order valence-electron chi connectivity index (χ0n) is 11.3. The summed E-state index contributed by atoms with van der Waals surface area (Å²) in [6.07, 6.45) is 4.81. The first-order valence-corrected chi connectivity index (χ1v) is 7.17. The van der Waals surface area contributed by atoms with Gasteiger partial charge in [-0.25, -0.2) is 0 Å². The molecular weight excluding hydrogens is 252 g/mol. The highest BCUT2D eigenvalue weighted by Gasteiger charge is 2.42. The Morgan fingerprint density at radius 3 is 2.70 bits per heavy atom. The number of nitrogens with one attached hydrogen (secondary N) is 1. The van der Waals surface area contributed by atoms with Crippen molar-refractivity contribution in [3.05, 3.63) is 24.3 Å². The molecule has 2 saturated carbocycles. The summed E-state index contributed by atoms with van der Waals surface area (Å²) in [5.41, 5.74) is 0.794.